The van der Waals surface area contributed by atoms with E-state index in [1.54, 1.807) is 7.11 Å². The molecule has 2 aromatic carbocycles. The number of pyridine rings is 1. The number of fused-ring (bicyclic) bond motifs is 1. The Morgan fingerprint density at radius 3 is 2.62 bits per heavy atom. The molecule has 0 aliphatic rings. The lowest BCUT2D eigenvalue weighted by molar-refractivity contribution is 0.414. The van der Waals surface area contributed by atoms with Crippen molar-refractivity contribution in [3.05, 3.63) is 84.3 Å². The van der Waals surface area contributed by atoms with Crippen LogP contribution < -0.4 is 4.74 Å². The van der Waals surface area contributed by atoms with Gasteiger partial charge in [-0.3, -0.25) is 4.98 Å². The first-order valence-corrected chi connectivity index (χ1v) is 7.83. The minimum absolute atomic E-state index is 0.838. The molecule has 0 aliphatic carbocycles. The number of methoxy groups -OCH3 is 1. The van der Waals surface area contributed by atoms with Crippen molar-refractivity contribution in [2.75, 3.05) is 7.11 Å². The molecule has 4 aromatic rings. The van der Waals surface area contributed by atoms with Crippen LogP contribution in [0.2, 0.25) is 0 Å². The highest BCUT2D eigenvalue weighted by atomic mass is 16.5. The van der Waals surface area contributed by atoms with Gasteiger partial charge in [0.15, 0.2) is 0 Å². The second-order valence-electron chi connectivity index (χ2n) is 5.70. The molecular weight excluding hydrogens is 298 g/mol. The van der Waals surface area contributed by atoms with Crippen LogP contribution in [0.4, 0.5) is 0 Å². The Kier molecular flexibility index (Phi) is 3.71. The van der Waals surface area contributed by atoms with Gasteiger partial charge in [0.1, 0.15) is 5.75 Å². The molecule has 0 amide bonds. The van der Waals surface area contributed by atoms with Crippen LogP contribution in [-0.4, -0.2) is 21.9 Å². The van der Waals surface area contributed by atoms with Crippen molar-refractivity contribution >= 4 is 10.9 Å². The zero-order valence-corrected chi connectivity index (χ0v) is 13.4. The van der Waals surface area contributed by atoms with Crippen LogP contribution in [0.25, 0.3) is 16.6 Å². The predicted octanol–water partition coefficient (Wildman–Crippen LogP) is 4.02. The van der Waals surface area contributed by atoms with Crippen LogP contribution in [0.3, 0.4) is 0 Å². The predicted molar refractivity (Wildman–Crippen MR) is 94.7 cm³/mol. The van der Waals surface area contributed by atoms with Gasteiger partial charge in [-0.2, -0.15) is 5.10 Å². The topological polar surface area (TPSA) is 39.9 Å². The van der Waals surface area contributed by atoms with Gasteiger partial charge in [-0.1, -0.05) is 30.3 Å². The van der Waals surface area contributed by atoms with Crippen molar-refractivity contribution in [3.63, 3.8) is 0 Å². The van der Waals surface area contributed by atoms with E-state index in [4.69, 9.17) is 4.74 Å². The van der Waals surface area contributed by atoms with E-state index < -0.39 is 0 Å². The van der Waals surface area contributed by atoms with E-state index in [1.807, 2.05) is 47.4 Å². The van der Waals surface area contributed by atoms with Crippen molar-refractivity contribution in [1.29, 1.82) is 0 Å². The molecule has 2 heterocycles. The summed E-state index contributed by atoms with van der Waals surface area (Å²) in [6.07, 6.45) is 6.65. The molecular formula is C20H17N3O. The van der Waals surface area contributed by atoms with Crippen molar-refractivity contribution in [2.45, 2.75) is 6.42 Å². The van der Waals surface area contributed by atoms with Gasteiger partial charge < -0.3 is 4.74 Å². The SMILES string of the molecule is COc1ccc(Cc2cnn(-c3cnc4ccccc4c3)c2)cc1. The van der Waals surface area contributed by atoms with E-state index in [0.717, 1.165) is 34.3 Å². The Labute approximate surface area is 140 Å². The molecule has 0 N–H and O–H groups in total. The fourth-order valence-corrected chi connectivity index (χ4v) is 2.76. The molecule has 4 rings (SSSR count). The highest BCUT2D eigenvalue weighted by molar-refractivity contribution is 5.79. The quantitative estimate of drug-likeness (QED) is 0.571. The van der Waals surface area contributed by atoms with Crippen LogP contribution in [0, 0.1) is 0 Å². The van der Waals surface area contributed by atoms with Crippen LogP contribution in [0.1, 0.15) is 11.1 Å². The van der Waals surface area contributed by atoms with Gasteiger partial charge in [-0.25, -0.2) is 4.68 Å². The molecule has 24 heavy (non-hydrogen) atoms. The summed E-state index contributed by atoms with van der Waals surface area (Å²) in [5.74, 6) is 0.872. The fraction of sp³-hybridized carbons (Fsp3) is 0.100. The second-order valence-corrected chi connectivity index (χ2v) is 5.70. The summed E-state index contributed by atoms with van der Waals surface area (Å²) < 4.78 is 7.07. The third-order valence-electron chi connectivity index (χ3n) is 4.04. The van der Waals surface area contributed by atoms with E-state index in [0.29, 0.717) is 0 Å². The molecule has 2 aromatic heterocycles. The molecule has 0 aliphatic heterocycles. The molecule has 0 saturated carbocycles. The lowest BCUT2D eigenvalue weighted by Gasteiger charge is -2.03. The maximum atomic E-state index is 5.19. The summed E-state index contributed by atoms with van der Waals surface area (Å²) in [7, 11) is 1.68. The Morgan fingerprint density at radius 2 is 1.79 bits per heavy atom. The minimum atomic E-state index is 0.838. The summed E-state index contributed by atoms with van der Waals surface area (Å²) in [5.41, 5.74) is 4.35. The first-order valence-electron chi connectivity index (χ1n) is 7.83. The van der Waals surface area contributed by atoms with Crippen LogP contribution >= 0.6 is 0 Å². The number of hydrogen-bond donors (Lipinski definition) is 0. The lowest BCUT2D eigenvalue weighted by atomic mass is 10.1. The van der Waals surface area contributed by atoms with Gasteiger partial charge in [-0.15, -0.1) is 0 Å². The van der Waals surface area contributed by atoms with Crippen LogP contribution in [-0.2, 0) is 6.42 Å². The molecule has 4 nitrogen and oxygen atoms in total. The number of nitrogens with zero attached hydrogens (tertiary/aromatic N) is 3. The molecule has 4 heteroatoms. The number of aromatic nitrogens is 3. The first kappa shape index (κ1) is 14.5. The molecule has 0 bridgehead atoms. The van der Waals surface area contributed by atoms with E-state index in [-0.39, 0.29) is 0 Å². The van der Waals surface area contributed by atoms with Gasteiger partial charge in [0.05, 0.1) is 30.7 Å². The highest BCUT2D eigenvalue weighted by Gasteiger charge is 2.04. The van der Waals surface area contributed by atoms with Gasteiger partial charge in [0.2, 0.25) is 0 Å². The summed E-state index contributed by atoms with van der Waals surface area (Å²) >= 11 is 0. The number of ether oxygens (including phenoxy) is 1. The fourth-order valence-electron chi connectivity index (χ4n) is 2.76. The standard InChI is InChI=1S/C20H17N3O/c1-24-19-8-6-15(7-9-19)10-16-12-22-23(14-16)18-11-17-4-2-3-5-20(17)21-13-18/h2-9,11-14H,10H2,1H3. The van der Waals surface area contributed by atoms with E-state index >= 15 is 0 Å². The largest absolute Gasteiger partial charge is 0.497 e. The average Bonchev–Trinajstić information content (AvgIpc) is 3.10. The third kappa shape index (κ3) is 2.86. The molecule has 0 saturated heterocycles. The Balaban J connectivity index is 1.58. The van der Waals surface area contributed by atoms with Gasteiger partial charge in [-0.05, 0) is 35.4 Å². The summed E-state index contributed by atoms with van der Waals surface area (Å²) in [5, 5.41) is 5.59. The first-order chi connectivity index (χ1) is 11.8. The zero-order valence-electron chi connectivity index (χ0n) is 13.4. The zero-order chi connectivity index (χ0) is 16.4. The molecule has 118 valence electrons. The number of rotatable bonds is 4. The summed E-state index contributed by atoms with van der Waals surface area (Å²) in [6, 6.07) is 18.3. The Morgan fingerprint density at radius 1 is 0.958 bits per heavy atom. The Bertz CT molecular complexity index is 974. The lowest BCUT2D eigenvalue weighted by Crippen LogP contribution is -1.95. The van der Waals surface area contributed by atoms with Crippen molar-refractivity contribution in [1.82, 2.24) is 14.8 Å². The highest BCUT2D eigenvalue weighted by Crippen LogP contribution is 2.18. The number of benzene rings is 2. The van der Waals surface area contributed by atoms with Crippen molar-refractivity contribution in [3.8, 4) is 11.4 Å². The van der Waals surface area contributed by atoms with Crippen LogP contribution in [0.15, 0.2) is 73.2 Å². The van der Waals surface area contributed by atoms with Gasteiger partial charge in [0.25, 0.3) is 0 Å². The second kappa shape index (κ2) is 6.16. The third-order valence-corrected chi connectivity index (χ3v) is 4.04. The maximum Gasteiger partial charge on any atom is 0.118 e. The van der Waals surface area contributed by atoms with Crippen molar-refractivity contribution in [2.24, 2.45) is 0 Å². The van der Waals surface area contributed by atoms with Gasteiger partial charge in [0, 0.05) is 18.0 Å². The van der Waals surface area contributed by atoms with E-state index in [2.05, 4.69) is 40.5 Å². The smallest absolute Gasteiger partial charge is 0.118 e. The van der Waals surface area contributed by atoms with Gasteiger partial charge >= 0.3 is 0 Å². The van der Waals surface area contributed by atoms with Crippen molar-refractivity contribution < 1.29 is 4.74 Å². The molecule has 0 atom stereocenters. The normalized spacial score (nSPS) is 10.9. The Hall–Kier alpha value is -3.14. The van der Waals surface area contributed by atoms with Crippen LogP contribution in [0.5, 0.6) is 5.75 Å². The summed E-state index contributed by atoms with van der Waals surface area (Å²) in [4.78, 5) is 4.50. The summed E-state index contributed by atoms with van der Waals surface area (Å²) in [6.45, 7) is 0. The number of hydrogen-bond acceptors (Lipinski definition) is 3. The minimum Gasteiger partial charge on any atom is -0.497 e. The maximum absolute atomic E-state index is 5.19. The average molecular weight is 315 g/mol. The molecule has 0 unspecified atom stereocenters. The van der Waals surface area contributed by atoms with E-state index in [9.17, 15) is 0 Å². The number of para-hydroxylation sites is 1. The molecule has 0 radical (unpaired) electrons. The molecule has 0 spiro atoms. The van der Waals surface area contributed by atoms with E-state index in [1.165, 1.54) is 5.56 Å². The molecule has 0 fully saturated rings. The monoisotopic (exact) mass is 315 g/mol.